The number of nitriles is 1. The number of nitrogens with one attached hydrogen (secondary N) is 3. The monoisotopic (exact) mass is 528 g/mol. The minimum Gasteiger partial charge on any atom is -0.372 e. The maximum atomic E-state index is 15.1. The van der Waals surface area contributed by atoms with Crippen LogP contribution in [-0.2, 0) is 14.4 Å². The molecule has 4 heterocycles. The molecule has 2 bridgehead atoms. The SMILES string of the molecule is Cc1cncc(N[C@H](CC2CC2)C(=O)N2[C@H]3CC[C@@H]([C@H]2C(=O)N[C@H](C#N)C[C@H]2CCNC2=O)C(F)(F)C3)c1. The number of carbonyl (C=O) groups is 3. The second-order valence-corrected chi connectivity index (χ2v) is 11.3. The van der Waals surface area contributed by atoms with E-state index in [1.807, 2.05) is 19.1 Å². The highest BCUT2D eigenvalue weighted by Gasteiger charge is 2.61. The molecule has 9 nitrogen and oxygen atoms in total. The van der Waals surface area contributed by atoms with Crippen molar-refractivity contribution in [3.8, 4) is 6.07 Å². The molecule has 38 heavy (non-hydrogen) atoms. The number of alkyl halides is 2. The molecule has 0 unspecified atom stereocenters. The molecule has 0 radical (unpaired) electrons. The fraction of sp³-hybridized carbons (Fsp3) is 0.667. The number of hydrogen-bond acceptors (Lipinski definition) is 6. The van der Waals surface area contributed by atoms with Crippen LogP contribution >= 0.6 is 0 Å². The topological polar surface area (TPSA) is 127 Å². The van der Waals surface area contributed by atoms with E-state index in [-0.39, 0.29) is 24.7 Å². The summed E-state index contributed by atoms with van der Waals surface area (Å²) in [6, 6.07) is 0.0408. The Labute approximate surface area is 220 Å². The highest BCUT2D eigenvalue weighted by atomic mass is 19.3. The van der Waals surface area contributed by atoms with Gasteiger partial charge in [-0.2, -0.15) is 5.26 Å². The fourth-order valence-electron chi connectivity index (χ4n) is 6.30. The Morgan fingerprint density at radius 3 is 2.66 bits per heavy atom. The summed E-state index contributed by atoms with van der Waals surface area (Å²) in [5.74, 6) is -5.77. The van der Waals surface area contributed by atoms with E-state index in [0.717, 1.165) is 18.4 Å². The first-order valence-electron chi connectivity index (χ1n) is 13.5. The van der Waals surface area contributed by atoms with Gasteiger partial charge in [0.1, 0.15) is 18.1 Å². The molecule has 3 amide bonds. The largest absolute Gasteiger partial charge is 0.372 e. The average molecular weight is 529 g/mol. The standard InChI is InChI=1S/C27H34F2N6O3/c1-15-8-19(14-31-13-15)33-22(9-16-2-3-16)26(38)35-20-4-5-21(27(28,29)11-20)23(35)25(37)34-18(12-30)10-17-6-7-32-24(17)36/h8,13-14,16-18,20-23,33H,2-7,9-11H2,1H3,(H,32,36)(H,34,37)/t17-,18+,20+,21+,22-,23+/m1/s1. The molecule has 6 atom stereocenters. The highest BCUT2D eigenvalue weighted by molar-refractivity contribution is 5.92. The molecule has 5 fully saturated rings. The average Bonchev–Trinajstić information content (AvgIpc) is 3.61. The number of nitrogens with zero attached hydrogens (tertiary/aromatic N) is 3. The maximum absolute atomic E-state index is 15.1. The molecule has 0 aromatic carbocycles. The first-order valence-corrected chi connectivity index (χ1v) is 13.5. The van der Waals surface area contributed by atoms with Gasteiger partial charge in [0.05, 0.1) is 17.7 Å². The molecule has 3 aliphatic heterocycles. The molecule has 2 aliphatic carbocycles. The Hall–Kier alpha value is -3.29. The van der Waals surface area contributed by atoms with E-state index in [2.05, 4.69) is 20.9 Å². The van der Waals surface area contributed by atoms with Crippen molar-refractivity contribution in [1.29, 1.82) is 5.26 Å². The van der Waals surface area contributed by atoms with Crippen LogP contribution in [0.5, 0.6) is 0 Å². The maximum Gasteiger partial charge on any atom is 0.255 e. The predicted molar refractivity (Wildman–Crippen MR) is 134 cm³/mol. The van der Waals surface area contributed by atoms with E-state index in [1.165, 1.54) is 4.90 Å². The highest BCUT2D eigenvalue weighted by Crippen LogP contribution is 2.49. The Kier molecular flexibility index (Phi) is 7.25. The summed E-state index contributed by atoms with van der Waals surface area (Å²) in [4.78, 5) is 45.1. The fourth-order valence-corrected chi connectivity index (χ4v) is 6.30. The molecule has 1 aromatic heterocycles. The third kappa shape index (κ3) is 5.45. The van der Waals surface area contributed by atoms with Crippen LogP contribution in [0, 0.1) is 36.0 Å². The van der Waals surface area contributed by atoms with Gasteiger partial charge in [0.15, 0.2) is 0 Å². The van der Waals surface area contributed by atoms with Crippen molar-refractivity contribution in [2.45, 2.75) is 88.4 Å². The molecule has 5 aliphatic rings. The quantitative estimate of drug-likeness (QED) is 0.452. The molecule has 2 saturated carbocycles. The molecule has 3 saturated heterocycles. The minimum absolute atomic E-state index is 0.103. The van der Waals surface area contributed by atoms with Crippen LogP contribution in [0.3, 0.4) is 0 Å². The summed E-state index contributed by atoms with van der Waals surface area (Å²) in [7, 11) is 0. The van der Waals surface area contributed by atoms with Gasteiger partial charge in [-0.25, -0.2) is 8.78 Å². The number of halogens is 2. The lowest BCUT2D eigenvalue weighted by molar-refractivity contribution is -0.194. The summed E-state index contributed by atoms with van der Waals surface area (Å²) in [6.07, 6.45) is 6.59. The van der Waals surface area contributed by atoms with Crippen molar-refractivity contribution in [3.63, 3.8) is 0 Å². The number of fused-ring (bicyclic) bond motifs is 3. The number of piperidine rings is 2. The van der Waals surface area contributed by atoms with Gasteiger partial charge < -0.3 is 20.9 Å². The zero-order chi connectivity index (χ0) is 27.0. The molecule has 3 N–H and O–H groups in total. The van der Waals surface area contributed by atoms with Gasteiger partial charge in [0.2, 0.25) is 17.7 Å². The van der Waals surface area contributed by atoms with E-state index < -0.39 is 54.3 Å². The smallest absolute Gasteiger partial charge is 0.255 e. The van der Waals surface area contributed by atoms with Crippen molar-refractivity contribution in [1.82, 2.24) is 20.5 Å². The summed E-state index contributed by atoms with van der Waals surface area (Å²) in [6.45, 7) is 2.39. The van der Waals surface area contributed by atoms with E-state index >= 15 is 8.78 Å². The first-order chi connectivity index (χ1) is 18.2. The van der Waals surface area contributed by atoms with Crippen molar-refractivity contribution in [2.24, 2.45) is 17.8 Å². The Bertz CT molecular complexity index is 1140. The summed E-state index contributed by atoms with van der Waals surface area (Å²) in [5.41, 5.74) is 1.58. The third-order valence-corrected chi connectivity index (χ3v) is 8.39. The summed E-state index contributed by atoms with van der Waals surface area (Å²) >= 11 is 0. The molecule has 204 valence electrons. The van der Waals surface area contributed by atoms with Crippen molar-refractivity contribution >= 4 is 23.4 Å². The molecule has 6 rings (SSSR count). The minimum atomic E-state index is -3.09. The zero-order valence-corrected chi connectivity index (χ0v) is 21.5. The Morgan fingerprint density at radius 1 is 1.24 bits per heavy atom. The van der Waals surface area contributed by atoms with Gasteiger partial charge >= 0.3 is 0 Å². The van der Waals surface area contributed by atoms with Crippen LogP contribution < -0.4 is 16.0 Å². The van der Waals surface area contributed by atoms with Gasteiger partial charge in [0.25, 0.3) is 5.92 Å². The lowest BCUT2D eigenvalue weighted by Crippen LogP contribution is -2.70. The van der Waals surface area contributed by atoms with Crippen molar-refractivity contribution in [3.05, 3.63) is 24.0 Å². The number of pyridine rings is 1. The number of amides is 3. The van der Waals surface area contributed by atoms with E-state index in [9.17, 15) is 19.6 Å². The third-order valence-electron chi connectivity index (χ3n) is 8.39. The van der Waals surface area contributed by atoms with Gasteiger partial charge in [-0.3, -0.25) is 19.4 Å². The summed E-state index contributed by atoms with van der Waals surface area (Å²) < 4.78 is 30.2. The molecule has 11 heteroatoms. The first kappa shape index (κ1) is 26.3. The molecular formula is C27H34F2N6O3. The van der Waals surface area contributed by atoms with Gasteiger partial charge in [-0.1, -0.05) is 12.8 Å². The van der Waals surface area contributed by atoms with Crippen LogP contribution in [0.15, 0.2) is 18.5 Å². The van der Waals surface area contributed by atoms with E-state index in [4.69, 9.17) is 0 Å². The predicted octanol–water partition coefficient (Wildman–Crippen LogP) is 2.52. The normalized spacial score (nSPS) is 29.2. The zero-order valence-electron chi connectivity index (χ0n) is 21.5. The van der Waals surface area contributed by atoms with E-state index in [0.29, 0.717) is 37.4 Å². The number of anilines is 1. The van der Waals surface area contributed by atoms with Gasteiger partial charge in [-0.05, 0) is 56.6 Å². The van der Waals surface area contributed by atoms with Crippen molar-refractivity contribution < 1.29 is 23.2 Å². The van der Waals surface area contributed by atoms with Crippen molar-refractivity contribution in [2.75, 3.05) is 11.9 Å². The number of hydrogen-bond donors (Lipinski definition) is 3. The van der Waals surface area contributed by atoms with Crippen LogP contribution in [0.1, 0.15) is 56.9 Å². The number of carbonyl (C=O) groups excluding carboxylic acids is 3. The van der Waals surface area contributed by atoms with Crippen LogP contribution in [0.25, 0.3) is 0 Å². The lowest BCUT2D eigenvalue weighted by atomic mass is 9.71. The molecule has 0 spiro atoms. The van der Waals surface area contributed by atoms with Gasteiger partial charge in [-0.15, -0.1) is 0 Å². The number of rotatable bonds is 9. The number of aryl methyl sites for hydroxylation is 1. The van der Waals surface area contributed by atoms with E-state index in [1.54, 1.807) is 12.4 Å². The number of aromatic nitrogens is 1. The van der Waals surface area contributed by atoms with Crippen LogP contribution in [0.2, 0.25) is 0 Å². The molecule has 1 aromatic rings. The Morgan fingerprint density at radius 2 is 2.03 bits per heavy atom. The lowest BCUT2D eigenvalue weighted by Gasteiger charge is -2.54. The van der Waals surface area contributed by atoms with Crippen LogP contribution in [-0.4, -0.2) is 64.2 Å². The second-order valence-electron chi connectivity index (χ2n) is 11.3. The Balaban J connectivity index is 1.38. The summed E-state index contributed by atoms with van der Waals surface area (Å²) in [5, 5.41) is 18.2. The van der Waals surface area contributed by atoms with Crippen LogP contribution in [0.4, 0.5) is 14.5 Å². The van der Waals surface area contributed by atoms with Gasteiger partial charge in [0, 0.05) is 37.3 Å². The second kappa shape index (κ2) is 10.5. The molecular weight excluding hydrogens is 494 g/mol.